The number of ether oxygens (including phenoxy) is 2. The third-order valence-electron chi connectivity index (χ3n) is 4.11. The van der Waals surface area contributed by atoms with Crippen molar-refractivity contribution in [1.29, 1.82) is 0 Å². The number of amides is 1. The van der Waals surface area contributed by atoms with Gasteiger partial charge in [0, 0.05) is 12.0 Å². The van der Waals surface area contributed by atoms with Gasteiger partial charge in [-0.1, -0.05) is 17.7 Å². The monoisotopic (exact) mass is 289 g/mol. The van der Waals surface area contributed by atoms with Gasteiger partial charge in [0.05, 0.1) is 7.11 Å². The second-order valence-electron chi connectivity index (χ2n) is 5.45. The van der Waals surface area contributed by atoms with Crippen molar-refractivity contribution >= 4 is 17.8 Å². The molecule has 2 aliphatic heterocycles. The van der Waals surface area contributed by atoms with Crippen molar-refractivity contribution < 1.29 is 23.9 Å². The van der Waals surface area contributed by atoms with Crippen molar-refractivity contribution in [2.75, 3.05) is 7.11 Å². The molecule has 0 spiro atoms. The molecule has 6 nitrogen and oxygen atoms in total. The third kappa shape index (κ3) is 1.75. The Morgan fingerprint density at radius 2 is 2.14 bits per heavy atom. The van der Waals surface area contributed by atoms with Gasteiger partial charge >= 0.3 is 17.8 Å². The average molecular weight is 289 g/mol. The average Bonchev–Trinajstić information content (AvgIpc) is 2.69. The first kappa shape index (κ1) is 13.6. The van der Waals surface area contributed by atoms with Crippen LogP contribution in [0.5, 0.6) is 0 Å². The van der Waals surface area contributed by atoms with Crippen LogP contribution in [0.4, 0.5) is 0 Å². The molecule has 0 radical (unpaired) electrons. The molecule has 21 heavy (non-hydrogen) atoms. The Labute approximate surface area is 121 Å². The van der Waals surface area contributed by atoms with Crippen LogP contribution >= 0.6 is 0 Å². The number of carbonyl (C=O) groups excluding carboxylic acids is 3. The second-order valence-corrected chi connectivity index (χ2v) is 5.45. The first-order valence-electron chi connectivity index (χ1n) is 6.63. The fourth-order valence-corrected chi connectivity index (χ4v) is 3.11. The number of benzene rings is 1. The summed E-state index contributed by atoms with van der Waals surface area (Å²) in [6.45, 7) is 3.54. The van der Waals surface area contributed by atoms with Crippen LogP contribution < -0.4 is 0 Å². The molecule has 2 atom stereocenters. The highest BCUT2D eigenvalue weighted by molar-refractivity contribution is 6.34. The molecule has 1 fully saturated rings. The summed E-state index contributed by atoms with van der Waals surface area (Å²) in [6, 6.07) is 4.83. The summed E-state index contributed by atoms with van der Waals surface area (Å²) in [4.78, 5) is 37.0. The molecule has 1 saturated heterocycles. The molecule has 0 bridgehead atoms. The van der Waals surface area contributed by atoms with Crippen LogP contribution in [0, 0.1) is 6.92 Å². The lowest BCUT2D eigenvalue weighted by atomic mass is 9.85. The first-order valence-corrected chi connectivity index (χ1v) is 6.63. The minimum absolute atomic E-state index is 0.306. The molecule has 0 N–H and O–H groups in total. The summed E-state index contributed by atoms with van der Waals surface area (Å²) in [5.74, 6) is -2.31. The number of esters is 2. The standard InChI is InChI=1S/C15H15NO5/c1-8-4-5-9-7-11(13(18)20-3)16-12(17)14(19)21-15(16,2)10(9)6-8/h4-6,11H,7H2,1-3H3. The molecule has 1 aromatic rings. The zero-order valence-electron chi connectivity index (χ0n) is 12.0. The molecule has 2 unspecified atom stereocenters. The summed E-state index contributed by atoms with van der Waals surface area (Å²) in [5.41, 5.74) is 1.34. The van der Waals surface area contributed by atoms with E-state index in [0.29, 0.717) is 6.42 Å². The van der Waals surface area contributed by atoms with Crippen LogP contribution in [0.25, 0.3) is 0 Å². The summed E-state index contributed by atoms with van der Waals surface area (Å²) in [5, 5.41) is 0. The number of carbonyl (C=O) groups is 3. The van der Waals surface area contributed by atoms with Crippen molar-refractivity contribution in [3.05, 3.63) is 34.9 Å². The SMILES string of the molecule is COC(=O)C1Cc2ccc(C)cc2C2(C)OC(=O)C(=O)N12. The van der Waals surface area contributed by atoms with E-state index in [1.165, 1.54) is 12.0 Å². The number of aryl methyl sites for hydroxylation is 1. The highest BCUT2D eigenvalue weighted by atomic mass is 16.6. The van der Waals surface area contributed by atoms with Gasteiger partial charge < -0.3 is 9.47 Å². The number of hydrogen-bond acceptors (Lipinski definition) is 5. The Balaban J connectivity index is 2.21. The Bertz CT molecular complexity index is 668. The van der Waals surface area contributed by atoms with Crippen molar-refractivity contribution in [1.82, 2.24) is 4.90 Å². The van der Waals surface area contributed by atoms with Gasteiger partial charge in [-0.05, 0) is 25.5 Å². The fourth-order valence-electron chi connectivity index (χ4n) is 3.11. The van der Waals surface area contributed by atoms with E-state index in [0.717, 1.165) is 16.7 Å². The van der Waals surface area contributed by atoms with E-state index in [4.69, 9.17) is 9.47 Å². The van der Waals surface area contributed by atoms with Gasteiger partial charge in [0.25, 0.3) is 0 Å². The lowest BCUT2D eigenvalue weighted by molar-refractivity contribution is -0.167. The topological polar surface area (TPSA) is 72.9 Å². The Morgan fingerprint density at radius 3 is 2.81 bits per heavy atom. The fraction of sp³-hybridized carbons (Fsp3) is 0.400. The van der Waals surface area contributed by atoms with Crippen molar-refractivity contribution in [3.63, 3.8) is 0 Å². The molecule has 2 aliphatic rings. The van der Waals surface area contributed by atoms with E-state index in [-0.39, 0.29) is 0 Å². The quantitative estimate of drug-likeness (QED) is 0.560. The van der Waals surface area contributed by atoms with E-state index >= 15 is 0 Å². The molecule has 110 valence electrons. The Kier molecular flexibility index (Phi) is 2.79. The third-order valence-corrected chi connectivity index (χ3v) is 4.11. The van der Waals surface area contributed by atoms with E-state index in [1.807, 2.05) is 25.1 Å². The van der Waals surface area contributed by atoms with Crippen LogP contribution in [0.3, 0.4) is 0 Å². The van der Waals surface area contributed by atoms with Gasteiger partial charge in [0.2, 0.25) is 5.72 Å². The van der Waals surface area contributed by atoms with Crippen molar-refractivity contribution in [3.8, 4) is 0 Å². The predicted molar refractivity (Wildman–Crippen MR) is 71.0 cm³/mol. The number of fused-ring (bicyclic) bond motifs is 3. The molecular formula is C15H15NO5. The van der Waals surface area contributed by atoms with Crippen LogP contribution in [0.2, 0.25) is 0 Å². The number of hydrogen-bond donors (Lipinski definition) is 0. The van der Waals surface area contributed by atoms with E-state index in [2.05, 4.69) is 0 Å². The van der Waals surface area contributed by atoms with Crippen LogP contribution in [-0.4, -0.2) is 35.9 Å². The highest BCUT2D eigenvalue weighted by Crippen LogP contribution is 2.43. The molecule has 1 aromatic carbocycles. The summed E-state index contributed by atoms with van der Waals surface area (Å²) in [7, 11) is 1.26. The van der Waals surface area contributed by atoms with Gasteiger partial charge in [-0.15, -0.1) is 0 Å². The highest BCUT2D eigenvalue weighted by Gasteiger charge is 2.58. The van der Waals surface area contributed by atoms with E-state index in [9.17, 15) is 14.4 Å². The largest absolute Gasteiger partial charge is 0.467 e. The molecule has 0 aromatic heterocycles. The number of rotatable bonds is 1. The van der Waals surface area contributed by atoms with Gasteiger partial charge in [-0.3, -0.25) is 9.69 Å². The lowest BCUT2D eigenvalue weighted by Gasteiger charge is -2.42. The Morgan fingerprint density at radius 1 is 1.43 bits per heavy atom. The molecule has 6 heteroatoms. The van der Waals surface area contributed by atoms with Gasteiger partial charge in [-0.25, -0.2) is 9.59 Å². The van der Waals surface area contributed by atoms with Crippen molar-refractivity contribution in [2.24, 2.45) is 0 Å². The maximum atomic E-state index is 12.1. The molecule has 0 aliphatic carbocycles. The first-order chi connectivity index (χ1) is 9.88. The number of methoxy groups -OCH3 is 1. The van der Waals surface area contributed by atoms with Gasteiger partial charge in [0.1, 0.15) is 6.04 Å². The molecule has 1 amide bonds. The number of nitrogens with zero attached hydrogens (tertiary/aromatic N) is 1. The smallest absolute Gasteiger partial charge is 0.399 e. The second kappa shape index (κ2) is 4.31. The zero-order valence-corrected chi connectivity index (χ0v) is 12.0. The minimum Gasteiger partial charge on any atom is -0.467 e. The maximum absolute atomic E-state index is 12.1. The van der Waals surface area contributed by atoms with Crippen LogP contribution in [0.1, 0.15) is 23.6 Å². The van der Waals surface area contributed by atoms with Crippen molar-refractivity contribution in [2.45, 2.75) is 32.0 Å². The summed E-state index contributed by atoms with van der Waals surface area (Å²) >= 11 is 0. The van der Waals surface area contributed by atoms with Crippen LogP contribution in [-0.2, 0) is 36.0 Å². The summed E-state index contributed by atoms with van der Waals surface area (Å²) < 4.78 is 10.1. The van der Waals surface area contributed by atoms with Crippen LogP contribution in [0.15, 0.2) is 18.2 Å². The van der Waals surface area contributed by atoms with E-state index in [1.54, 1.807) is 6.92 Å². The summed E-state index contributed by atoms with van der Waals surface area (Å²) in [6.07, 6.45) is 0.306. The molecule has 3 rings (SSSR count). The zero-order chi connectivity index (χ0) is 15.4. The predicted octanol–water partition coefficient (Wildman–Crippen LogP) is 0.651. The lowest BCUT2D eigenvalue weighted by Crippen LogP contribution is -2.56. The molecular weight excluding hydrogens is 274 g/mol. The Hall–Kier alpha value is -2.37. The van der Waals surface area contributed by atoms with Gasteiger partial charge in [0.15, 0.2) is 0 Å². The van der Waals surface area contributed by atoms with E-state index < -0.39 is 29.6 Å². The molecule has 0 saturated carbocycles. The normalized spacial score (nSPS) is 27.0. The minimum atomic E-state index is -1.26. The maximum Gasteiger partial charge on any atom is 0.399 e. The molecule has 2 heterocycles. The van der Waals surface area contributed by atoms with Gasteiger partial charge in [-0.2, -0.15) is 0 Å².